The molecule has 4 aromatic rings. The minimum Gasteiger partial charge on any atom is -0.497 e. The summed E-state index contributed by atoms with van der Waals surface area (Å²) in [5, 5.41) is 0.426. The monoisotopic (exact) mass is 429 g/mol. The highest BCUT2D eigenvalue weighted by atomic mass is 19.1. The quantitative estimate of drug-likeness (QED) is 0.458. The zero-order chi connectivity index (χ0) is 22.4. The van der Waals surface area contributed by atoms with Crippen LogP contribution in [0.4, 0.5) is 4.39 Å². The molecule has 1 atom stereocenters. The molecular formula is C26H20FNO4. The third kappa shape index (κ3) is 3.24. The normalized spacial score (nSPS) is 15.3. The maximum atomic E-state index is 13.6. The lowest BCUT2D eigenvalue weighted by Crippen LogP contribution is -2.29. The second-order valence-corrected chi connectivity index (χ2v) is 7.91. The fourth-order valence-electron chi connectivity index (χ4n) is 4.22. The molecule has 2 heterocycles. The van der Waals surface area contributed by atoms with E-state index in [0.717, 1.165) is 11.1 Å². The number of carbonyl (C=O) groups excluding carboxylic acids is 1. The molecule has 5 rings (SSSR count). The summed E-state index contributed by atoms with van der Waals surface area (Å²) in [5.74, 6) is -0.0154. The van der Waals surface area contributed by atoms with Crippen LogP contribution in [0.25, 0.3) is 11.0 Å². The van der Waals surface area contributed by atoms with Gasteiger partial charge in [-0.25, -0.2) is 4.39 Å². The molecule has 6 heteroatoms. The summed E-state index contributed by atoms with van der Waals surface area (Å²) in [6.45, 7) is 2.15. The van der Waals surface area contributed by atoms with Crippen molar-refractivity contribution in [2.24, 2.45) is 0 Å². The van der Waals surface area contributed by atoms with Gasteiger partial charge in [-0.1, -0.05) is 35.9 Å². The summed E-state index contributed by atoms with van der Waals surface area (Å²) in [5.41, 5.74) is 2.84. The highest BCUT2D eigenvalue weighted by Gasteiger charge is 2.42. The van der Waals surface area contributed by atoms with Gasteiger partial charge in [0, 0.05) is 6.54 Å². The molecule has 1 aromatic heterocycles. The van der Waals surface area contributed by atoms with Crippen LogP contribution >= 0.6 is 0 Å². The van der Waals surface area contributed by atoms with Crippen molar-refractivity contribution < 1.29 is 18.3 Å². The van der Waals surface area contributed by atoms with Gasteiger partial charge in [-0.3, -0.25) is 9.59 Å². The van der Waals surface area contributed by atoms with Crippen molar-refractivity contribution in [3.8, 4) is 5.75 Å². The highest BCUT2D eigenvalue weighted by molar-refractivity contribution is 5.99. The first kappa shape index (κ1) is 20.0. The number of rotatable bonds is 4. The van der Waals surface area contributed by atoms with Crippen molar-refractivity contribution in [1.29, 1.82) is 0 Å². The van der Waals surface area contributed by atoms with E-state index in [1.807, 2.05) is 37.3 Å². The lowest BCUT2D eigenvalue weighted by Gasteiger charge is -2.25. The molecule has 160 valence electrons. The average Bonchev–Trinajstić information content (AvgIpc) is 3.07. The summed E-state index contributed by atoms with van der Waals surface area (Å²) < 4.78 is 24.8. The second-order valence-electron chi connectivity index (χ2n) is 7.91. The van der Waals surface area contributed by atoms with E-state index in [-0.39, 0.29) is 35.0 Å². The van der Waals surface area contributed by atoms with Gasteiger partial charge in [0.25, 0.3) is 5.91 Å². The number of hydrogen-bond acceptors (Lipinski definition) is 4. The van der Waals surface area contributed by atoms with Crippen molar-refractivity contribution in [3.05, 3.63) is 111 Å². The van der Waals surface area contributed by atoms with Crippen LogP contribution in [0.1, 0.15) is 38.9 Å². The van der Waals surface area contributed by atoms with Crippen LogP contribution in [0.3, 0.4) is 0 Å². The fraction of sp³-hybridized carbons (Fsp3) is 0.154. The number of fused-ring (bicyclic) bond motifs is 2. The van der Waals surface area contributed by atoms with Crippen LogP contribution in [-0.2, 0) is 6.54 Å². The first-order valence-electron chi connectivity index (χ1n) is 10.2. The summed E-state index contributed by atoms with van der Waals surface area (Å²) in [6.07, 6.45) is 0. The molecule has 0 fully saturated rings. The van der Waals surface area contributed by atoms with Crippen LogP contribution in [0.5, 0.6) is 5.75 Å². The molecule has 0 saturated heterocycles. The Morgan fingerprint density at radius 2 is 1.72 bits per heavy atom. The summed E-state index contributed by atoms with van der Waals surface area (Å²) >= 11 is 0. The number of halogens is 1. The molecule has 1 aliphatic rings. The van der Waals surface area contributed by atoms with Gasteiger partial charge in [0.2, 0.25) is 5.76 Å². The maximum absolute atomic E-state index is 13.6. The first-order chi connectivity index (χ1) is 15.5. The predicted octanol–water partition coefficient (Wildman–Crippen LogP) is 4.99. The Morgan fingerprint density at radius 3 is 2.41 bits per heavy atom. The van der Waals surface area contributed by atoms with Gasteiger partial charge >= 0.3 is 0 Å². The molecule has 0 bridgehead atoms. The zero-order valence-corrected chi connectivity index (χ0v) is 17.6. The molecule has 0 spiro atoms. The Bertz CT molecular complexity index is 1390. The Labute approximate surface area is 183 Å². The number of methoxy groups -OCH3 is 1. The fourth-order valence-corrected chi connectivity index (χ4v) is 4.22. The molecular weight excluding hydrogens is 409 g/mol. The van der Waals surface area contributed by atoms with E-state index in [1.54, 1.807) is 36.3 Å². The van der Waals surface area contributed by atoms with E-state index >= 15 is 0 Å². The number of carbonyl (C=O) groups is 1. The predicted molar refractivity (Wildman–Crippen MR) is 118 cm³/mol. The van der Waals surface area contributed by atoms with Crippen molar-refractivity contribution in [2.45, 2.75) is 19.5 Å². The van der Waals surface area contributed by atoms with Crippen LogP contribution in [-0.4, -0.2) is 17.9 Å². The van der Waals surface area contributed by atoms with E-state index in [9.17, 15) is 14.0 Å². The Kier molecular flexibility index (Phi) is 4.78. The largest absolute Gasteiger partial charge is 0.497 e. The van der Waals surface area contributed by atoms with E-state index in [4.69, 9.17) is 9.15 Å². The van der Waals surface area contributed by atoms with Crippen molar-refractivity contribution in [1.82, 2.24) is 4.90 Å². The summed E-state index contributed by atoms with van der Waals surface area (Å²) in [6, 6.07) is 17.9. The summed E-state index contributed by atoms with van der Waals surface area (Å²) in [7, 11) is 1.59. The van der Waals surface area contributed by atoms with Crippen molar-refractivity contribution >= 4 is 16.9 Å². The van der Waals surface area contributed by atoms with E-state index in [0.29, 0.717) is 22.3 Å². The molecule has 0 radical (unpaired) electrons. The Hall–Kier alpha value is -3.93. The van der Waals surface area contributed by atoms with E-state index in [2.05, 4.69) is 0 Å². The Morgan fingerprint density at radius 1 is 1.00 bits per heavy atom. The van der Waals surface area contributed by atoms with Gasteiger partial charge in [-0.05, 0) is 54.4 Å². The minimum atomic E-state index is -0.679. The third-order valence-corrected chi connectivity index (χ3v) is 5.82. The van der Waals surface area contributed by atoms with E-state index < -0.39 is 6.04 Å². The lowest BCUT2D eigenvalue weighted by molar-refractivity contribution is 0.0714. The molecule has 32 heavy (non-hydrogen) atoms. The van der Waals surface area contributed by atoms with Crippen molar-refractivity contribution in [3.63, 3.8) is 0 Å². The SMILES string of the molecule is COc1ccc(CN2C(=O)c3oc4ccc(C)cc4c(=O)c3C2c2ccc(F)cc2)cc1. The molecule has 1 amide bonds. The maximum Gasteiger partial charge on any atom is 0.291 e. The number of hydrogen-bond donors (Lipinski definition) is 0. The molecule has 0 aliphatic carbocycles. The second kappa shape index (κ2) is 7.64. The zero-order valence-electron chi connectivity index (χ0n) is 17.6. The molecule has 1 aliphatic heterocycles. The number of aryl methyl sites for hydroxylation is 1. The van der Waals surface area contributed by atoms with Crippen LogP contribution < -0.4 is 10.2 Å². The van der Waals surface area contributed by atoms with Gasteiger partial charge in [0.15, 0.2) is 5.43 Å². The van der Waals surface area contributed by atoms with Crippen LogP contribution in [0, 0.1) is 12.7 Å². The standard InChI is InChI=1S/C26H20FNO4/c1-15-3-12-21-20(13-15)24(29)22-23(17-6-8-18(27)9-7-17)28(26(30)25(22)32-21)14-16-4-10-19(31-2)11-5-16/h3-13,23H,14H2,1-2H3. The van der Waals surface area contributed by atoms with Gasteiger partial charge in [-0.15, -0.1) is 0 Å². The highest BCUT2D eigenvalue weighted by Crippen LogP contribution is 2.39. The van der Waals surface area contributed by atoms with Crippen molar-refractivity contribution in [2.75, 3.05) is 7.11 Å². The third-order valence-electron chi connectivity index (χ3n) is 5.82. The van der Waals surface area contributed by atoms with Crippen LogP contribution in [0.2, 0.25) is 0 Å². The number of ether oxygens (including phenoxy) is 1. The molecule has 5 nitrogen and oxygen atoms in total. The van der Waals surface area contributed by atoms with Crippen LogP contribution in [0.15, 0.2) is 75.9 Å². The molecule has 3 aromatic carbocycles. The Balaban J connectivity index is 1.68. The summed E-state index contributed by atoms with van der Waals surface area (Å²) in [4.78, 5) is 28.5. The topological polar surface area (TPSA) is 59.8 Å². The molecule has 0 N–H and O–H groups in total. The van der Waals surface area contributed by atoms with Gasteiger partial charge in [0.1, 0.15) is 17.1 Å². The number of benzene rings is 3. The number of nitrogens with zero attached hydrogens (tertiary/aromatic N) is 1. The molecule has 0 saturated carbocycles. The lowest BCUT2D eigenvalue weighted by atomic mass is 9.98. The smallest absolute Gasteiger partial charge is 0.291 e. The van der Waals surface area contributed by atoms with Gasteiger partial charge < -0.3 is 14.1 Å². The minimum absolute atomic E-state index is 0.0363. The van der Waals surface area contributed by atoms with Gasteiger partial charge in [-0.2, -0.15) is 0 Å². The van der Waals surface area contributed by atoms with Gasteiger partial charge in [0.05, 0.1) is 24.1 Å². The van der Waals surface area contributed by atoms with E-state index in [1.165, 1.54) is 12.1 Å². The molecule has 1 unspecified atom stereocenters. The number of amides is 1. The average molecular weight is 429 g/mol. The first-order valence-corrected chi connectivity index (χ1v) is 10.2.